The molecule has 10 heteroatoms. The summed E-state index contributed by atoms with van der Waals surface area (Å²) in [6.07, 6.45) is 0. The van der Waals surface area contributed by atoms with Crippen LogP contribution in [-0.4, -0.2) is 19.1 Å². The van der Waals surface area contributed by atoms with Gasteiger partial charge in [0.15, 0.2) is 4.34 Å². The second kappa shape index (κ2) is 6.84. The maximum atomic E-state index is 12.2. The standard InChI is InChI=1S/C17H11ClN4O3S2/c1-21-14(23)20-15(24)22(17(21)25)10-3-5-11(6-4-10)26-16-19-12-7-2-9(18)8-13(12)27-16/h2-8H,1H3,(H,20,23,24). The van der Waals surface area contributed by atoms with Gasteiger partial charge in [0.2, 0.25) is 0 Å². The van der Waals surface area contributed by atoms with E-state index in [0.717, 1.165) is 28.6 Å². The lowest BCUT2D eigenvalue weighted by atomic mass is 10.3. The van der Waals surface area contributed by atoms with Crippen LogP contribution >= 0.6 is 34.7 Å². The number of hydrogen-bond donors (Lipinski definition) is 1. The first-order valence-corrected chi connectivity index (χ1v) is 9.70. The number of aromatic amines is 1. The van der Waals surface area contributed by atoms with Gasteiger partial charge in [-0.05, 0) is 42.5 Å². The van der Waals surface area contributed by atoms with Crippen molar-refractivity contribution in [1.29, 1.82) is 0 Å². The number of aromatic nitrogens is 4. The third kappa shape index (κ3) is 3.36. The molecule has 0 radical (unpaired) electrons. The molecule has 0 atom stereocenters. The molecule has 0 amide bonds. The Kier molecular flexibility index (Phi) is 4.50. The Labute approximate surface area is 164 Å². The first-order valence-electron chi connectivity index (χ1n) is 7.69. The van der Waals surface area contributed by atoms with E-state index < -0.39 is 17.1 Å². The normalized spacial score (nSPS) is 11.2. The summed E-state index contributed by atoms with van der Waals surface area (Å²) in [5.74, 6) is 0. The molecule has 4 rings (SSSR count). The van der Waals surface area contributed by atoms with Gasteiger partial charge in [-0.25, -0.2) is 28.5 Å². The molecule has 0 aliphatic carbocycles. The van der Waals surface area contributed by atoms with Gasteiger partial charge in [-0.15, -0.1) is 11.3 Å². The highest BCUT2D eigenvalue weighted by molar-refractivity contribution is 8.01. The number of halogens is 1. The third-order valence-corrected chi connectivity index (χ3v) is 6.15. The van der Waals surface area contributed by atoms with Crippen LogP contribution in [0.1, 0.15) is 0 Å². The molecule has 7 nitrogen and oxygen atoms in total. The van der Waals surface area contributed by atoms with Gasteiger partial charge in [-0.3, -0.25) is 4.98 Å². The fraction of sp³-hybridized carbons (Fsp3) is 0.0588. The predicted molar refractivity (Wildman–Crippen MR) is 107 cm³/mol. The Morgan fingerprint density at radius 2 is 1.81 bits per heavy atom. The number of nitrogens with one attached hydrogen (secondary N) is 1. The second-order valence-electron chi connectivity index (χ2n) is 5.60. The number of rotatable bonds is 3. The molecule has 2 heterocycles. The number of hydrogen-bond acceptors (Lipinski definition) is 6. The molecular weight excluding hydrogens is 408 g/mol. The van der Waals surface area contributed by atoms with Gasteiger partial charge in [0.05, 0.1) is 15.9 Å². The van der Waals surface area contributed by atoms with Gasteiger partial charge >= 0.3 is 17.1 Å². The molecular formula is C17H11ClN4O3S2. The van der Waals surface area contributed by atoms with Crippen molar-refractivity contribution in [2.24, 2.45) is 7.05 Å². The second-order valence-corrected chi connectivity index (χ2v) is 8.39. The minimum Gasteiger partial charge on any atom is -0.258 e. The highest BCUT2D eigenvalue weighted by Gasteiger charge is 2.10. The molecule has 0 aliphatic heterocycles. The molecule has 1 N–H and O–H groups in total. The van der Waals surface area contributed by atoms with E-state index in [0.29, 0.717) is 10.7 Å². The van der Waals surface area contributed by atoms with Gasteiger partial charge < -0.3 is 0 Å². The van der Waals surface area contributed by atoms with Crippen LogP contribution in [0.25, 0.3) is 15.9 Å². The minimum absolute atomic E-state index is 0.372. The molecule has 0 unspecified atom stereocenters. The van der Waals surface area contributed by atoms with Crippen molar-refractivity contribution in [3.8, 4) is 5.69 Å². The highest BCUT2D eigenvalue weighted by atomic mass is 35.5. The maximum Gasteiger partial charge on any atom is 0.340 e. The van der Waals surface area contributed by atoms with Crippen molar-refractivity contribution in [1.82, 2.24) is 19.1 Å². The molecule has 0 aliphatic rings. The van der Waals surface area contributed by atoms with Crippen LogP contribution in [0.2, 0.25) is 5.02 Å². The molecule has 0 bridgehead atoms. The summed E-state index contributed by atoms with van der Waals surface area (Å²) < 4.78 is 3.62. The zero-order chi connectivity index (χ0) is 19.1. The molecule has 0 spiro atoms. The van der Waals surface area contributed by atoms with Gasteiger partial charge in [0, 0.05) is 17.0 Å². The Balaban J connectivity index is 1.66. The van der Waals surface area contributed by atoms with Crippen molar-refractivity contribution in [3.63, 3.8) is 0 Å². The van der Waals surface area contributed by atoms with E-state index in [4.69, 9.17) is 11.6 Å². The molecule has 0 saturated carbocycles. The van der Waals surface area contributed by atoms with Gasteiger partial charge in [0.25, 0.3) is 0 Å². The molecule has 27 heavy (non-hydrogen) atoms. The predicted octanol–water partition coefficient (Wildman–Crippen LogP) is 2.64. The Morgan fingerprint density at radius 1 is 1.07 bits per heavy atom. The Bertz CT molecular complexity index is 1340. The molecule has 4 aromatic rings. The first kappa shape index (κ1) is 17.8. The van der Waals surface area contributed by atoms with Gasteiger partial charge in [0.1, 0.15) is 0 Å². The van der Waals surface area contributed by atoms with Crippen LogP contribution in [-0.2, 0) is 7.05 Å². The number of H-pyrrole nitrogens is 1. The Morgan fingerprint density at radius 3 is 2.56 bits per heavy atom. The van der Waals surface area contributed by atoms with Crippen molar-refractivity contribution < 1.29 is 0 Å². The van der Waals surface area contributed by atoms with Crippen molar-refractivity contribution in [2.75, 3.05) is 0 Å². The minimum atomic E-state index is -0.772. The number of benzene rings is 2. The van der Waals surface area contributed by atoms with Crippen LogP contribution in [0.4, 0.5) is 0 Å². The number of nitrogens with zero attached hydrogens (tertiary/aromatic N) is 3. The molecule has 0 fully saturated rings. The van der Waals surface area contributed by atoms with E-state index in [2.05, 4.69) is 9.97 Å². The van der Waals surface area contributed by atoms with E-state index in [-0.39, 0.29) is 0 Å². The monoisotopic (exact) mass is 418 g/mol. The molecule has 0 saturated heterocycles. The molecule has 2 aromatic carbocycles. The zero-order valence-corrected chi connectivity index (χ0v) is 16.2. The summed E-state index contributed by atoms with van der Waals surface area (Å²) in [5.41, 5.74) is -0.966. The first-order chi connectivity index (χ1) is 12.9. The van der Waals surface area contributed by atoms with Crippen molar-refractivity contribution in [2.45, 2.75) is 9.24 Å². The smallest absolute Gasteiger partial charge is 0.258 e. The topological polar surface area (TPSA) is 89.8 Å². The van der Waals surface area contributed by atoms with Crippen molar-refractivity contribution in [3.05, 3.63) is 78.9 Å². The fourth-order valence-corrected chi connectivity index (χ4v) is 4.78. The maximum absolute atomic E-state index is 12.2. The highest BCUT2D eigenvalue weighted by Crippen LogP contribution is 2.35. The number of thiazole rings is 1. The fourth-order valence-electron chi connectivity index (χ4n) is 2.47. The average molecular weight is 419 g/mol. The lowest BCUT2D eigenvalue weighted by Gasteiger charge is -2.06. The lowest BCUT2D eigenvalue weighted by molar-refractivity contribution is 0.660. The lowest BCUT2D eigenvalue weighted by Crippen LogP contribution is -2.47. The van der Waals surface area contributed by atoms with Crippen molar-refractivity contribution >= 4 is 44.9 Å². The van der Waals surface area contributed by atoms with Crippen LogP contribution in [0.3, 0.4) is 0 Å². The summed E-state index contributed by atoms with van der Waals surface area (Å²) in [4.78, 5) is 43.2. The average Bonchev–Trinajstić information content (AvgIpc) is 3.02. The van der Waals surface area contributed by atoms with Crippen LogP contribution in [0, 0.1) is 0 Å². The van der Waals surface area contributed by atoms with E-state index in [1.165, 1.54) is 30.1 Å². The molecule has 136 valence electrons. The zero-order valence-electron chi connectivity index (χ0n) is 13.8. The summed E-state index contributed by atoms with van der Waals surface area (Å²) in [5, 5.41) is 0.667. The third-order valence-electron chi connectivity index (χ3n) is 3.83. The van der Waals surface area contributed by atoms with E-state index in [1.807, 2.05) is 12.1 Å². The van der Waals surface area contributed by atoms with E-state index in [9.17, 15) is 14.4 Å². The van der Waals surface area contributed by atoms with E-state index >= 15 is 0 Å². The van der Waals surface area contributed by atoms with Gasteiger partial charge in [-0.2, -0.15) is 0 Å². The van der Waals surface area contributed by atoms with Crippen LogP contribution in [0.15, 0.2) is 66.1 Å². The van der Waals surface area contributed by atoms with Crippen LogP contribution in [0.5, 0.6) is 0 Å². The molecule has 2 aromatic heterocycles. The summed E-state index contributed by atoms with van der Waals surface area (Å²) in [6, 6.07) is 12.4. The van der Waals surface area contributed by atoms with E-state index in [1.54, 1.807) is 30.3 Å². The summed E-state index contributed by atoms with van der Waals surface area (Å²) in [7, 11) is 1.31. The summed E-state index contributed by atoms with van der Waals surface area (Å²) >= 11 is 9.01. The Hall–Kier alpha value is -2.62. The summed E-state index contributed by atoms with van der Waals surface area (Å²) in [6.45, 7) is 0. The SMILES string of the molecule is Cn1c(=O)[nH]c(=O)n(-c2ccc(Sc3nc4ccc(Cl)cc4s3)cc2)c1=O. The number of fused-ring (bicyclic) bond motifs is 1. The van der Waals surface area contributed by atoms with Crippen LogP contribution < -0.4 is 17.1 Å². The quantitative estimate of drug-likeness (QED) is 0.552. The largest absolute Gasteiger partial charge is 0.340 e. The van der Waals surface area contributed by atoms with Gasteiger partial charge in [-0.1, -0.05) is 23.4 Å².